The van der Waals surface area contributed by atoms with E-state index in [9.17, 15) is 4.79 Å². The first-order valence-electron chi connectivity index (χ1n) is 13.1. The number of unbranched alkanes of at least 4 members (excludes halogenated alkanes) is 1. The average Bonchev–Trinajstić information content (AvgIpc) is 3.57. The van der Waals surface area contributed by atoms with Crippen LogP contribution in [0.15, 0.2) is 42.9 Å². The number of fused-ring (bicyclic) bond motifs is 2. The van der Waals surface area contributed by atoms with Gasteiger partial charge in [-0.2, -0.15) is 5.10 Å². The van der Waals surface area contributed by atoms with Crippen LogP contribution in [0, 0.1) is 5.82 Å². The minimum absolute atomic E-state index is 0.0630. The summed E-state index contributed by atoms with van der Waals surface area (Å²) in [5.41, 5.74) is 5.24. The number of carbonyl (C=O) groups is 1. The largest absolute Gasteiger partial charge is 0.370 e. The monoisotopic (exact) mass is 512 g/mol. The molecule has 1 amide bonds. The summed E-state index contributed by atoms with van der Waals surface area (Å²) in [7, 11) is 0. The SMILES string of the molecule is CCCCC(=O)Nc1cncc(-c2cc(F)c3n[nH]c(-c4nc5nccc(N6CCCCC6)c5[nH]4)c3c2)c1. The van der Waals surface area contributed by atoms with E-state index < -0.39 is 5.82 Å². The highest BCUT2D eigenvalue weighted by molar-refractivity contribution is 5.97. The van der Waals surface area contributed by atoms with Crippen LogP contribution in [-0.4, -0.2) is 49.1 Å². The van der Waals surface area contributed by atoms with Crippen molar-refractivity contribution in [1.82, 2.24) is 30.1 Å². The lowest BCUT2D eigenvalue weighted by Crippen LogP contribution is -2.29. The molecule has 0 aliphatic carbocycles. The number of nitrogens with zero attached hydrogens (tertiary/aromatic N) is 5. The number of rotatable bonds is 7. The normalized spacial score (nSPS) is 13.9. The van der Waals surface area contributed by atoms with Gasteiger partial charge in [0.25, 0.3) is 0 Å². The van der Waals surface area contributed by atoms with Gasteiger partial charge in [0.15, 0.2) is 17.3 Å². The number of amides is 1. The molecular weight excluding hydrogens is 483 g/mol. The van der Waals surface area contributed by atoms with Crippen LogP contribution in [0.2, 0.25) is 0 Å². The van der Waals surface area contributed by atoms with Crippen molar-refractivity contribution in [2.75, 3.05) is 23.3 Å². The van der Waals surface area contributed by atoms with Gasteiger partial charge in [-0.3, -0.25) is 14.9 Å². The van der Waals surface area contributed by atoms with Gasteiger partial charge in [0, 0.05) is 42.9 Å². The van der Waals surface area contributed by atoms with E-state index in [1.54, 1.807) is 24.7 Å². The van der Waals surface area contributed by atoms with Crippen molar-refractivity contribution in [2.45, 2.75) is 45.4 Å². The van der Waals surface area contributed by atoms with E-state index in [0.717, 1.165) is 50.0 Å². The van der Waals surface area contributed by atoms with Gasteiger partial charge in [-0.05, 0) is 55.5 Å². The highest BCUT2D eigenvalue weighted by atomic mass is 19.1. The van der Waals surface area contributed by atoms with Crippen LogP contribution in [-0.2, 0) is 4.79 Å². The minimum atomic E-state index is -0.458. The number of aromatic nitrogens is 6. The van der Waals surface area contributed by atoms with Gasteiger partial charge < -0.3 is 15.2 Å². The summed E-state index contributed by atoms with van der Waals surface area (Å²) in [5.74, 6) is 0.0265. The lowest BCUT2D eigenvalue weighted by atomic mass is 10.0. The molecule has 1 aromatic carbocycles. The van der Waals surface area contributed by atoms with E-state index >= 15 is 4.39 Å². The first kappa shape index (κ1) is 24.0. The molecule has 38 heavy (non-hydrogen) atoms. The number of H-pyrrole nitrogens is 2. The zero-order valence-electron chi connectivity index (χ0n) is 21.2. The average molecular weight is 513 g/mol. The Morgan fingerprint density at radius 1 is 1.13 bits per heavy atom. The molecule has 3 N–H and O–H groups in total. The second-order valence-corrected chi connectivity index (χ2v) is 9.73. The molecule has 0 radical (unpaired) electrons. The molecule has 0 saturated carbocycles. The number of pyridine rings is 2. The van der Waals surface area contributed by atoms with Crippen molar-refractivity contribution in [3.63, 3.8) is 0 Å². The number of imidazole rings is 1. The number of hydrogen-bond acceptors (Lipinski definition) is 6. The predicted molar refractivity (Wildman–Crippen MR) is 146 cm³/mol. The maximum atomic E-state index is 15.2. The predicted octanol–water partition coefficient (Wildman–Crippen LogP) is 5.82. The van der Waals surface area contributed by atoms with Crippen molar-refractivity contribution < 1.29 is 9.18 Å². The van der Waals surface area contributed by atoms with Crippen molar-refractivity contribution in [3.8, 4) is 22.6 Å². The van der Waals surface area contributed by atoms with Crippen molar-refractivity contribution in [2.24, 2.45) is 0 Å². The van der Waals surface area contributed by atoms with Gasteiger partial charge in [-0.25, -0.2) is 14.4 Å². The molecule has 1 aliphatic heterocycles. The number of benzene rings is 1. The third-order valence-corrected chi connectivity index (χ3v) is 7.03. The van der Waals surface area contributed by atoms with Gasteiger partial charge in [0.2, 0.25) is 5.91 Å². The fourth-order valence-electron chi connectivity index (χ4n) is 5.06. The quantitative estimate of drug-likeness (QED) is 0.253. The summed E-state index contributed by atoms with van der Waals surface area (Å²) in [6.07, 6.45) is 10.8. The lowest BCUT2D eigenvalue weighted by molar-refractivity contribution is -0.116. The summed E-state index contributed by atoms with van der Waals surface area (Å²) >= 11 is 0. The van der Waals surface area contributed by atoms with E-state index in [2.05, 4.69) is 35.4 Å². The molecule has 194 valence electrons. The Labute approximate surface area is 218 Å². The molecule has 10 heteroatoms. The zero-order chi connectivity index (χ0) is 26.1. The van der Waals surface area contributed by atoms with Gasteiger partial charge in [0.05, 0.1) is 17.6 Å². The summed E-state index contributed by atoms with van der Waals surface area (Å²) in [4.78, 5) is 31.4. The molecule has 0 atom stereocenters. The van der Waals surface area contributed by atoms with E-state index in [1.165, 1.54) is 12.5 Å². The van der Waals surface area contributed by atoms with Crippen molar-refractivity contribution in [3.05, 3.63) is 48.7 Å². The molecule has 9 nitrogen and oxygen atoms in total. The second kappa shape index (κ2) is 10.2. The zero-order valence-corrected chi connectivity index (χ0v) is 21.2. The van der Waals surface area contributed by atoms with Gasteiger partial charge >= 0.3 is 0 Å². The number of anilines is 2. The summed E-state index contributed by atoms with van der Waals surface area (Å²) < 4.78 is 15.2. The Morgan fingerprint density at radius 3 is 2.84 bits per heavy atom. The topological polar surface area (TPSA) is 115 Å². The number of nitrogens with one attached hydrogen (secondary N) is 3. The molecule has 4 aromatic heterocycles. The Kier molecular flexibility index (Phi) is 6.45. The molecule has 0 bridgehead atoms. The van der Waals surface area contributed by atoms with Crippen LogP contribution in [0.25, 0.3) is 44.7 Å². The van der Waals surface area contributed by atoms with Crippen molar-refractivity contribution in [1.29, 1.82) is 0 Å². The van der Waals surface area contributed by atoms with Gasteiger partial charge in [-0.15, -0.1) is 0 Å². The van der Waals surface area contributed by atoms with Gasteiger partial charge in [-0.1, -0.05) is 13.3 Å². The number of halogens is 1. The number of carbonyl (C=O) groups excluding carboxylic acids is 1. The van der Waals surface area contributed by atoms with Gasteiger partial charge in [0.1, 0.15) is 16.7 Å². The first-order valence-corrected chi connectivity index (χ1v) is 13.1. The Balaban J connectivity index is 1.37. The third-order valence-electron chi connectivity index (χ3n) is 7.03. The molecule has 1 aliphatic rings. The molecule has 1 saturated heterocycles. The third kappa shape index (κ3) is 4.57. The Morgan fingerprint density at radius 2 is 2.00 bits per heavy atom. The van der Waals surface area contributed by atoms with E-state index in [0.29, 0.717) is 45.8 Å². The molecular formula is C28H29FN8O. The standard InChI is InChI=1S/C28H29FN8O/c1-2-3-7-23(38)32-19-12-18(15-30-16-19)17-13-20-24(21(29)14-17)35-36-25(20)28-33-26-22(8-9-31-27(26)34-28)37-10-5-4-6-11-37/h8-9,12-16H,2-7,10-11H2,1H3,(H,32,38)(H,35,36)(H,31,33,34). The van der Waals surface area contributed by atoms with Crippen LogP contribution in [0.4, 0.5) is 15.8 Å². The fourth-order valence-corrected chi connectivity index (χ4v) is 5.06. The number of aromatic amines is 2. The van der Waals surface area contributed by atoms with Crippen LogP contribution < -0.4 is 10.2 Å². The fraction of sp³-hybridized carbons (Fsp3) is 0.321. The first-order chi connectivity index (χ1) is 18.6. The van der Waals surface area contributed by atoms with E-state index in [-0.39, 0.29) is 11.4 Å². The molecule has 0 unspecified atom stereocenters. The van der Waals surface area contributed by atoms with Crippen LogP contribution in [0.5, 0.6) is 0 Å². The van der Waals surface area contributed by atoms with Crippen LogP contribution in [0.3, 0.4) is 0 Å². The van der Waals surface area contributed by atoms with Crippen LogP contribution in [0.1, 0.15) is 45.4 Å². The lowest BCUT2D eigenvalue weighted by Gasteiger charge is -2.28. The van der Waals surface area contributed by atoms with Crippen LogP contribution >= 0.6 is 0 Å². The molecule has 5 aromatic rings. The minimum Gasteiger partial charge on any atom is -0.370 e. The maximum absolute atomic E-state index is 15.2. The molecule has 1 fully saturated rings. The Bertz CT molecular complexity index is 1620. The molecule has 0 spiro atoms. The maximum Gasteiger partial charge on any atom is 0.224 e. The smallest absolute Gasteiger partial charge is 0.224 e. The second-order valence-electron chi connectivity index (χ2n) is 9.73. The number of hydrogen-bond donors (Lipinski definition) is 3. The summed E-state index contributed by atoms with van der Waals surface area (Å²) in [6.45, 7) is 4.04. The molecule has 5 heterocycles. The van der Waals surface area contributed by atoms with Crippen molar-refractivity contribution >= 4 is 39.3 Å². The molecule has 6 rings (SSSR count). The van der Waals surface area contributed by atoms with E-state index in [1.807, 2.05) is 19.1 Å². The highest BCUT2D eigenvalue weighted by Crippen LogP contribution is 2.34. The summed E-state index contributed by atoms with van der Waals surface area (Å²) in [5, 5.41) is 10.7. The van der Waals surface area contributed by atoms with E-state index in [4.69, 9.17) is 4.98 Å². The Hall–Kier alpha value is -4.34. The highest BCUT2D eigenvalue weighted by Gasteiger charge is 2.20. The summed E-state index contributed by atoms with van der Waals surface area (Å²) in [6, 6.07) is 7.11. The number of piperidine rings is 1.